The van der Waals surface area contributed by atoms with Crippen molar-refractivity contribution in [1.82, 2.24) is 0 Å². The fourth-order valence-corrected chi connectivity index (χ4v) is 1.31. The summed E-state index contributed by atoms with van der Waals surface area (Å²) < 4.78 is 5.58. The van der Waals surface area contributed by atoms with E-state index in [2.05, 4.69) is 20.8 Å². The SMILES string of the molecule is CCCC(OCC)C(N)C(C)C. The van der Waals surface area contributed by atoms with Gasteiger partial charge in [-0.05, 0) is 19.3 Å². The van der Waals surface area contributed by atoms with Crippen molar-refractivity contribution in [1.29, 1.82) is 0 Å². The Morgan fingerprint density at radius 3 is 2.17 bits per heavy atom. The van der Waals surface area contributed by atoms with Gasteiger partial charge in [-0.15, -0.1) is 0 Å². The third kappa shape index (κ3) is 4.07. The highest BCUT2D eigenvalue weighted by atomic mass is 16.5. The van der Waals surface area contributed by atoms with Gasteiger partial charge in [0.1, 0.15) is 0 Å². The lowest BCUT2D eigenvalue weighted by molar-refractivity contribution is 0.0270. The maximum atomic E-state index is 6.01. The second-order valence-corrected chi connectivity index (χ2v) is 3.60. The molecule has 0 rings (SSSR count). The standard InChI is InChI=1S/C10H23NO/c1-5-7-9(12-6-2)10(11)8(3)4/h8-10H,5-7,11H2,1-4H3. The van der Waals surface area contributed by atoms with Gasteiger partial charge in [0.25, 0.3) is 0 Å². The average molecular weight is 173 g/mol. The van der Waals surface area contributed by atoms with Gasteiger partial charge in [-0.1, -0.05) is 27.2 Å². The maximum Gasteiger partial charge on any atom is 0.0728 e. The monoisotopic (exact) mass is 173 g/mol. The van der Waals surface area contributed by atoms with E-state index < -0.39 is 0 Å². The first-order valence-electron chi connectivity index (χ1n) is 5.00. The summed E-state index contributed by atoms with van der Waals surface area (Å²) in [7, 11) is 0. The molecule has 2 atom stereocenters. The molecule has 0 aliphatic rings. The molecule has 12 heavy (non-hydrogen) atoms. The van der Waals surface area contributed by atoms with Gasteiger partial charge in [-0.3, -0.25) is 0 Å². The minimum Gasteiger partial charge on any atom is -0.377 e. The highest BCUT2D eigenvalue weighted by Gasteiger charge is 2.19. The van der Waals surface area contributed by atoms with Crippen LogP contribution >= 0.6 is 0 Å². The molecular weight excluding hydrogens is 150 g/mol. The fourth-order valence-electron chi connectivity index (χ4n) is 1.31. The maximum absolute atomic E-state index is 6.01. The molecular formula is C10H23NO. The van der Waals surface area contributed by atoms with Crippen LogP contribution in [-0.4, -0.2) is 18.8 Å². The van der Waals surface area contributed by atoms with E-state index in [1.807, 2.05) is 6.92 Å². The molecule has 74 valence electrons. The lowest BCUT2D eigenvalue weighted by Crippen LogP contribution is -2.40. The molecule has 0 heterocycles. The summed E-state index contributed by atoms with van der Waals surface area (Å²) in [4.78, 5) is 0. The van der Waals surface area contributed by atoms with Crippen LogP contribution in [0.15, 0.2) is 0 Å². The summed E-state index contributed by atoms with van der Waals surface area (Å²) in [6, 6.07) is 0.185. The zero-order chi connectivity index (χ0) is 9.56. The van der Waals surface area contributed by atoms with Crippen molar-refractivity contribution in [2.75, 3.05) is 6.61 Å². The van der Waals surface area contributed by atoms with Crippen molar-refractivity contribution in [2.45, 2.75) is 52.7 Å². The van der Waals surface area contributed by atoms with Crippen molar-refractivity contribution in [3.05, 3.63) is 0 Å². The van der Waals surface area contributed by atoms with Crippen molar-refractivity contribution >= 4 is 0 Å². The number of hydrogen-bond acceptors (Lipinski definition) is 2. The Bertz CT molecular complexity index is 98.0. The van der Waals surface area contributed by atoms with Crippen molar-refractivity contribution in [2.24, 2.45) is 11.7 Å². The third-order valence-corrected chi connectivity index (χ3v) is 2.15. The predicted molar refractivity (Wildman–Crippen MR) is 53.1 cm³/mol. The van der Waals surface area contributed by atoms with Crippen LogP contribution in [-0.2, 0) is 4.74 Å². The van der Waals surface area contributed by atoms with Gasteiger partial charge in [0.2, 0.25) is 0 Å². The fraction of sp³-hybridized carbons (Fsp3) is 1.00. The highest BCUT2D eigenvalue weighted by molar-refractivity contribution is 4.75. The topological polar surface area (TPSA) is 35.2 Å². The minimum atomic E-state index is 0.185. The van der Waals surface area contributed by atoms with E-state index in [-0.39, 0.29) is 12.1 Å². The molecule has 0 saturated heterocycles. The van der Waals surface area contributed by atoms with Crippen LogP contribution < -0.4 is 5.73 Å². The second-order valence-electron chi connectivity index (χ2n) is 3.60. The molecule has 0 bridgehead atoms. The van der Waals surface area contributed by atoms with Gasteiger partial charge in [0, 0.05) is 12.6 Å². The normalized spacial score (nSPS) is 16.5. The number of ether oxygens (including phenoxy) is 1. The smallest absolute Gasteiger partial charge is 0.0728 e. The van der Waals surface area contributed by atoms with Crippen LogP contribution in [0.4, 0.5) is 0 Å². The van der Waals surface area contributed by atoms with Gasteiger partial charge < -0.3 is 10.5 Å². The molecule has 0 spiro atoms. The van der Waals surface area contributed by atoms with Crippen molar-refractivity contribution in [3.63, 3.8) is 0 Å². The van der Waals surface area contributed by atoms with E-state index in [0.29, 0.717) is 5.92 Å². The van der Waals surface area contributed by atoms with Gasteiger partial charge in [-0.2, -0.15) is 0 Å². The first kappa shape index (κ1) is 11.9. The zero-order valence-corrected chi connectivity index (χ0v) is 8.84. The Morgan fingerprint density at radius 1 is 1.25 bits per heavy atom. The van der Waals surface area contributed by atoms with E-state index in [4.69, 9.17) is 10.5 Å². The quantitative estimate of drug-likeness (QED) is 0.668. The van der Waals surface area contributed by atoms with Gasteiger partial charge >= 0.3 is 0 Å². The van der Waals surface area contributed by atoms with Crippen LogP contribution in [0.2, 0.25) is 0 Å². The summed E-state index contributed by atoms with van der Waals surface area (Å²) in [6.07, 6.45) is 2.47. The second kappa shape index (κ2) is 6.44. The van der Waals surface area contributed by atoms with Crippen LogP contribution in [0.5, 0.6) is 0 Å². The Balaban J connectivity index is 3.89. The molecule has 0 aromatic carbocycles. The molecule has 0 aromatic rings. The molecule has 2 N–H and O–H groups in total. The average Bonchev–Trinajstić information content (AvgIpc) is 2.03. The molecule has 0 saturated carbocycles. The molecule has 2 nitrogen and oxygen atoms in total. The predicted octanol–water partition coefficient (Wildman–Crippen LogP) is 2.17. The Kier molecular flexibility index (Phi) is 6.39. The van der Waals surface area contributed by atoms with Crippen LogP contribution in [0.1, 0.15) is 40.5 Å². The number of rotatable bonds is 6. The first-order chi connectivity index (χ1) is 5.63. The Hall–Kier alpha value is -0.0800. The summed E-state index contributed by atoms with van der Waals surface area (Å²) in [6.45, 7) is 9.25. The Labute approximate surface area is 76.5 Å². The molecule has 0 amide bonds. The van der Waals surface area contributed by atoms with E-state index >= 15 is 0 Å². The zero-order valence-electron chi connectivity index (χ0n) is 8.84. The molecule has 0 aromatic heterocycles. The Morgan fingerprint density at radius 2 is 1.83 bits per heavy atom. The van der Waals surface area contributed by atoms with Crippen molar-refractivity contribution in [3.8, 4) is 0 Å². The van der Waals surface area contributed by atoms with Crippen LogP contribution in [0.25, 0.3) is 0 Å². The summed E-state index contributed by atoms with van der Waals surface area (Å²) >= 11 is 0. The molecule has 0 fully saturated rings. The van der Waals surface area contributed by atoms with Gasteiger partial charge in [0.15, 0.2) is 0 Å². The molecule has 2 unspecified atom stereocenters. The first-order valence-corrected chi connectivity index (χ1v) is 5.00. The third-order valence-electron chi connectivity index (χ3n) is 2.15. The lowest BCUT2D eigenvalue weighted by atomic mass is 9.96. The van der Waals surface area contributed by atoms with E-state index in [9.17, 15) is 0 Å². The van der Waals surface area contributed by atoms with Crippen molar-refractivity contribution < 1.29 is 4.74 Å². The van der Waals surface area contributed by atoms with Crippen LogP contribution in [0, 0.1) is 5.92 Å². The number of nitrogens with two attached hydrogens (primary N) is 1. The highest BCUT2D eigenvalue weighted by Crippen LogP contribution is 2.12. The van der Waals surface area contributed by atoms with E-state index in [0.717, 1.165) is 19.4 Å². The van der Waals surface area contributed by atoms with Crippen LogP contribution in [0.3, 0.4) is 0 Å². The molecule has 0 radical (unpaired) electrons. The van der Waals surface area contributed by atoms with Gasteiger partial charge in [-0.25, -0.2) is 0 Å². The lowest BCUT2D eigenvalue weighted by Gasteiger charge is -2.26. The largest absolute Gasteiger partial charge is 0.377 e. The van der Waals surface area contributed by atoms with Gasteiger partial charge in [0.05, 0.1) is 6.10 Å². The summed E-state index contributed by atoms with van der Waals surface area (Å²) in [5, 5.41) is 0. The minimum absolute atomic E-state index is 0.185. The number of hydrogen-bond donors (Lipinski definition) is 1. The van der Waals surface area contributed by atoms with E-state index in [1.165, 1.54) is 0 Å². The molecule has 0 aliphatic heterocycles. The summed E-state index contributed by atoms with van der Waals surface area (Å²) in [5.41, 5.74) is 6.01. The van der Waals surface area contributed by atoms with E-state index in [1.54, 1.807) is 0 Å². The summed E-state index contributed by atoms with van der Waals surface area (Å²) in [5.74, 6) is 0.507. The molecule has 2 heteroatoms. The molecule has 0 aliphatic carbocycles.